The minimum absolute atomic E-state index is 0.229. The van der Waals surface area contributed by atoms with E-state index in [4.69, 9.17) is 9.26 Å². The number of fused-ring (bicyclic) bond motifs is 1. The fourth-order valence-corrected chi connectivity index (χ4v) is 3.36. The number of hydrogen-bond acceptors (Lipinski definition) is 4. The Bertz CT molecular complexity index is 1140. The lowest BCUT2D eigenvalue weighted by Crippen LogP contribution is -2.23. The molecule has 140 valence electrons. The van der Waals surface area contributed by atoms with Crippen LogP contribution < -0.4 is 10.1 Å². The molecule has 1 N–H and O–H groups in total. The maximum absolute atomic E-state index is 13.0. The zero-order valence-corrected chi connectivity index (χ0v) is 15.7. The van der Waals surface area contributed by atoms with Crippen molar-refractivity contribution < 1.29 is 14.1 Å². The van der Waals surface area contributed by atoms with Crippen molar-refractivity contribution in [1.82, 2.24) is 10.5 Å². The van der Waals surface area contributed by atoms with Crippen LogP contribution in [0.4, 0.5) is 0 Å². The molecule has 5 heteroatoms. The zero-order chi connectivity index (χ0) is 19.5. The molecule has 0 saturated carbocycles. The fourth-order valence-electron chi connectivity index (χ4n) is 3.36. The van der Waals surface area contributed by atoms with Crippen molar-refractivity contribution in [3.63, 3.8) is 0 Å². The Labute approximate surface area is 162 Å². The van der Waals surface area contributed by atoms with Crippen molar-refractivity contribution in [2.75, 3.05) is 7.11 Å². The molecule has 0 bridgehead atoms. The molecule has 0 radical (unpaired) electrons. The van der Waals surface area contributed by atoms with Crippen LogP contribution >= 0.6 is 0 Å². The molecule has 28 heavy (non-hydrogen) atoms. The molecule has 0 saturated heterocycles. The van der Waals surface area contributed by atoms with E-state index in [0.29, 0.717) is 34.9 Å². The summed E-state index contributed by atoms with van der Waals surface area (Å²) >= 11 is 0. The Hall–Kier alpha value is -3.60. The third kappa shape index (κ3) is 3.22. The molecule has 1 amide bonds. The number of hydrogen-bond donors (Lipinski definition) is 1. The summed E-state index contributed by atoms with van der Waals surface area (Å²) in [5.41, 5.74) is 2.71. The minimum Gasteiger partial charge on any atom is -0.496 e. The highest BCUT2D eigenvalue weighted by Crippen LogP contribution is 2.33. The van der Waals surface area contributed by atoms with E-state index in [1.54, 1.807) is 14.0 Å². The summed E-state index contributed by atoms with van der Waals surface area (Å²) < 4.78 is 10.9. The maximum atomic E-state index is 13.0. The van der Waals surface area contributed by atoms with Gasteiger partial charge in [0, 0.05) is 6.54 Å². The first kappa shape index (κ1) is 17.8. The van der Waals surface area contributed by atoms with Crippen molar-refractivity contribution in [2.45, 2.75) is 13.5 Å². The van der Waals surface area contributed by atoms with Gasteiger partial charge in [-0.3, -0.25) is 4.79 Å². The summed E-state index contributed by atoms with van der Waals surface area (Å²) in [5, 5.41) is 9.27. The van der Waals surface area contributed by atoms with Crippen molar-refractivity contribution in [2.24, 2.45) is 0 Å². The normalized spacial score (nSPS) is 10.8. The molecule has 4 rings (SSSR count). The van der Waals surface area contributed by atoms with E-state index < -0.39 is 0 Å². The number of rotatable bonds is 5. The Morgan fingerprint density at radius 2 is 1.79 bits per heavy atom. The number of para-hydroxylation sites is 1. The van der Waals surface area contributed by atoms with Crippen molar-refractivity contribution in [3.8, 4) is 17.1 Å². The number of ether oxygens (including phenoxy) is 1. The monoisotopic (exact) mass is 372 g/mol. The van der Waals surface area contributed by atoms with E-state index in [2.05, 4.69) is 28.7 Å². The van der Waals surface area contributed by atoms with E-state index in [0.717, 1.165) is 16.3 Å². The van der Waals surface area contributed by atoms with E-state index in [-0.39, 0.29) is 5.91 Å². The number of methoxy groups -OCH3 is 1. The molecule has 1 aromatic heterocycles. The third-order valence-electron chi connectivity index (χ3n) is 4.76. The van der Waals surface area contributed by atoms with Gasteiger partial charge >= 0.3 is 0 Å². The Morgan fingerprint density at radius 1 is 1.04 bits per heavy atom. The lowest BCUT2D eigenvalue weighted by atomic mass is 10.0. The van der Waals surface area contributed by atoms with E-state index in [1.807, 2.05) is 48.5 Å². The Morgan fingerprint density at radius 3 is 2.64 bits per heavy atom. The molecule has 0 atom stereocenters. The van der Waals surface area contributed by atoms with Crippen molar-refractivity contribution in [3.05, 3.63) is 83.6 Å². The number of carbonyl (C=O) groups is 1. The molecule has 0 unspecified atom stereocenters. The predicted molar refractivity (Wildman–Crippen MR) is 108 cm³/mol. The van der Waals surface area contributed by atoms with Crippen LogP contribution in [0.1, 0.15) is 21.6 Å². The number of aryl methyl sites for hydroxylation is 1. The number of aromatic nitrogens is 1. The number of nitrogens with zero attached hydrogens (tertiary/aromatic N) is 1. The lowest BCUT2D eigenvalue weighted by molar-refractivity contribution is 0.0951. The van der Waals surface area contributed by atoms with Gasteiger partial charge in [-0.05, 0) is 35.4 Å². The Balaban J connectivity index is 1.63. The molecular formula is C23H20N2O3. The molecule has 4 aromatic rings. The second-order valence-electron chi connectivity index (χ2n) is 6.49. The van der Waals surface area contributed by atoms with Gasteiger partial charge in [-0.2, -0.15) is 0 Å². The summed E-state index contributed by atoms with van der Waals surface area (Å²) in [6.45, 7) is 2.17. The quantitative estimate of drug-likeness (QED) is 0.549. The van der Waals surface area contributed by atoms with Gasteiger partial charge in [-0.1, -0.05) is 59.8 Å². The van der Waals surface area contributed by atoms with Gasteiger partial charge in [0.05, 0.1) is 18.4 Å². The van der Waals surface area contributed by atoms with Crippen LogP contribution in [0.2, 0.25) is 0 Å². The summed E-state index contributed by atoms with van der Waals surface area (Å²) in [7, 11) is 1.59. The summed E-state index contributed by atoms with van der Waals surface area (Å²) in [4.78, 5) is 13.0. The molecule has 3 aromatic carbocycles. The highest BCUT2D eigenvalue weighted by Gasteiger charge is 2.23. The number of carbonyl (C=O) groups excluding carboxylic acids is 1. The van der Waals surface area contributed by atoms with Crippen LogP contribution in [0.5, 0.6) is 5.75 Å². The average Bonchev–Trinajstić information content (AvgIpc) is 3.13. The SMILES string of the molecule is COc1ccccc1-c1onc(C)c1C(=O)NCc1cccc2ccccc12. The number of benzene rings is 3. The van der Waals surface area contributed by atoms with Crippen molar-refractivity contribution >= 4 is 16.7 Å². The van der Waals surface area contributed by atoms with Crippen LogP contribution in [0, 0.1) is 6.92 Å². The fraction of sp³-hybridized carbons (Fsp3) is 0.130. The topological polar surface area (TPSA) is 64.4 Å². The summed E-state index contributed by atoms with van der Waals surface area (Å²) in [5.74, 6) is 0.805. The molecule has 0 spiro atoms. The maximum Gasteiger partial charge on any atom is 0.257 e. The first-order valence-electron chi connectivity index (χ1n) is 9.03. The second kappa shape index (κ2) is 7.56. The lowest BCUT2D eigenvalue weighted by Gasteiger charge is -2.10. The first-order chi connectivity index (χ1) is 13.7. The van der Waals surface area contributed by atoms with E-state index >= 15 is 0 Å². The predicted octanol–water partition coefficient (Wildman–Crippen LogP) is 4.74. The number of nitrogens with one attached hydrogen (secondary N) is 1. The first-order valence-corrected chi connectivity index (χ1v) is 9.03. The molecule has 0 aliphatic rings. The second-order valence-corrected chi connectivity index (χ2v) is 6.49. The van der Waals surface area contributed by atoms with Crippen LogP contribution in [0.3, 0.4) is 0 Å². The average molecular weight is 372 g/mol. The van der Waals surface area contributed by atoms with E-state index in [9.17, 15) is 4.79 Å². The summed E-state index contributed by atoms with van der Waals surface area (Å²) in [6, 6.07) is 21.6. The Kier molecular flexibility index (Phi) is 4.81. The molecule has 0 aliphatic heterocycles. The van der Waals surface area contributed by atoms with Crippen LogP contribution in [-0.4, -0.2) is 18.2 Å². The van der Waals surface area contributed by atoms with E-state index in [1.165, 1.54) is 0 Å². The molecule has 1 heterocycles. The largest absolute Gasteiger partial charge is 0.496 e. The van der Waals surface area contributed by atoms with Crippen molar-refractivity contribution in [1.29, 1.82) is 0 Å². The van der Waals surface area contributed by atoms with Gasteiger partial charge in [0.1, 0.15) is 11.3 Å². The van der Waals surface area contributed by atoms with Crippen LogP contribution in [0.25, 0.3) is 22.1 Å². The minimum atomic E-state index is -0.229. The van der Waals surface area contributed by atoms with Gasteiger partial charge in [0.25, 0.3) is 5.91 Å². The van der Waals surface area contributed by atoms with Gasteiger partial charge < -0.3 is 14.6 Å². The highest BCUT2D eigenvalue weighted by atomic mass is 16.5. The zero-order valence-electron chi connectivity index (χ0n) is 15.7. The van der Waals surface area contributed by atoms with Gasteiger partial charge in [0.15, 0.2) is 5.76 Å². The molecule has 5 nitrogen and oxygen atoms in total. The molecule has 0 aliphatic carbocycles. The smallest absolute Gasteiger partial charge is 0.257 e. The van der Waals surface area contributed by atoms with Crippen LogP contribution in [-0.2, 0) is 6.54 Å². The standard InChI is InChI=1S/C23H20N2O3/c1-15-21(22(28-25-15)19-12-5-6-13-20(19)27-2)23(26)24-14-17-10-7-9-16-8-3-4-11-18(16)17/h3-13H,14H2,1-2H3,(H,24,26). The van der Waals surface area contributed by atoms with Crippen LogP contribution in [0.15, 0.2) is 71.3 Å². The molecular weight excluding hydrogens is 352 g/mol. The van der Waals surface area contributed by atoms with Gasteiger partial charge in [0.2, 0.25) is 0 Å². The third-order valence-corrected chi connectivity index (χ3v) is 4.76. The summed E-state index contributed by atoms with van der Waals surface area (Å²) in [6.07, 6.45) is 0. The van der Waals surface area contributed by atoms with Gasteiger partial charge in [-0.25, -0.2) is 0 Å². The number of amides is 1. The highest BCUT2D eigenvalue weighted by molar-refractivity contribution is 6.01. The van der Waals surface area contributed by atoms with Gasteiger partial charge in [-0.15, -0.1) is 0 Å². The molecule has 0 fully saturated rings.